The van der Waals surface area contributed by atoms with E-state index in [9.17, 15) is 10.1 Å². The van der Waals surface area contributed by atoms with Crippen LogP contribution in [-0.4, -0.2) is 93.5 Å². The van der Waals surface area contributed by atoms with E-state index in [-0.39, 0.29) is 5.57 Å². The normalized spacial score (nSPS) is 15.0. The summed E-state index contributed by atoms with van der Waals surface area (Å²) in [5.74, 6) is 0.261. The Hall–Kier alpha value is -3.00. The summed E-state index contributed by atoms with van der Waals surface area (Å²) in [4.78, 5) is 22.0. The van der Waals surface area contributed by atoms with Gasteiger partial charge in [0.2, 0.25) is 0 Å². The van der Waals surface area contributed by atoms with E-state index >= 15 is 0 Å². The predicted octanol–water partition coefficient (Wildman–Crippen LogP) is 4.13. The van der Waals surface area contributed by atoms with Crippen molar-refractivity contribution in [2.24, 2.45) is 0 Å². The van der Waals surface area contributed by atoms with Gasteiger partial charge in [0.1, 0.15) is 29.2 Å². The number of nitriles is 1. The number of ether oxygens (including phenoxy) is 3. The molecule has 1 aromatic carbocycles. The van der Waals surface area contributed by atoms with Gasteiger partial charge in [0.25, 0.3) is 5.91 Å². The minimum absolute atomic E-state index is 0.0357. The molecule has 1 N–H and O–H groups in total. The lowest BCUT2D eigenvalue weighted by atomic mass is 9.84. The van der Waals surface area contributed by atoms with Gasteiger partial charge in [-0.3, -0.25) is 9.69 Å². The number of likely N-dealkylation sites (N-methyl/N-ethyl adjacent to an activating group) is 1. The van der Waals surface area contributed by atoms with Crippen LogP contribution in [0.5, 0.6) is 5.75 Å². The number of nitrogens with zero attached hydrogens (tertiary/aromatic N) is 4. The molecule has 0 saturated carbocycles. The topological polar surface area (TPSA) is 100.0 Å². The number of rotatable bonds is 16. The molecule has 2 heterocycles. The zero-order valence-corrected chi connectivity index (χ0v) is 25.2. The first-order chi connectivity index (χ1) is 19.9. The van der Waals surface area contributed by atoms with Crippen molar-refractivity contribution in [1.29, 1.82) is 5.26 Å². The maximum atomic E-state index is 13.1. The number of nitrogens with one attached hydrogen (secondary N) is 1. The molecule has 10 heteroatoms. The van der Waals surface area contributed by atoms with Crippen LogP contribution in [0.15, 0.2) is 48.0 Å². The van der Waals surface area contributed by atoms with Crippen molar-refractivity contribution >= 4 is 23.6 Å². The molecule has 1 fully saturated rings. The fourth-order valence-electron chi connectivity index (χ4n) is 4.67. The number of carbonyl (C=O) groups is 1. The summed E-state index contributed by atoms with van der Waals surface area (Å²) in [6.45, 7) is 12.1. The van der Waals surface area contributed by atoms with Gasteiger partial charge in [-0.25, -0.2) is 4.98 Å². The van der Waals surface area contributed by atoms with E-state index < -0.39 is 11.4 Å². The molecule has 2 aromatic rings. The molecular weight excluding hydrogens is 542 g/mol. The van der Waals surface area contributed by atoms with Crippen LogP contribution in [0.2, 0.25) is 5.15 Å². The summed E-state index contributed by atoms with van der Waals surface area (Å²) in [6, 6.07) is 14.7. The Morgan fingerprint density at radius 1 is 1.02 bits per heavy atom. The lowest BCUT2D eigenvalue weighted by Crippen LogP contribution is -2.45. The minimum atomic E-state index is -0.638. The first kappa shape index (κ1) is 32.5. The zero-order chi connectivity index (χ0) is 29.5. The van der Waals surface area contributed by atoms with Crippen LogP contribution >= 0.6 is 11.6 Å². The van der Waals surface area contributed by atoms with Crippen LogP contribution in [0, 0.1) is 11.3 Å². The molecule has 0 radical (unpaired) electrons. The van der Waals surface area contributed by atoms with Crippen molar-refractivity contribution < 1.29 is 19.0 Å². The van der Waals surface area contributed by atoms with Gasteiger partial charge in [0.05, 0.1) is 37.7 Å². The number of halogens is 1. The quantitative estimate of drug-likeness (QED) is 0.136. The Morgan fingerprint density at radius 2 is 1.68 bits per heavy atom. The van der Waals surface area contributed by atoms with Gasteiger partial charge >= 0.3 is 0 Å². The highest BCUT2D eigenvalue weighted by molar-refractivity contribution is 6.29. The van der Waals surface area contributed by atoms with E-state index in [1.165, 1.54) is 6.08 Å². The lowest BCUT2D eigenvalue weighted by Gasteiger charge is -2.33. The molecule has 0 atom stereocenters. The molecule has 1 saturated heterocycles. The second-order valence-electron chi connectivity index (χ2n) is 10.0. The van der Waals surface area contributed by atoms with Gasteiger partial charge in [0, 0.05) is 32.7 Å². The molecule has 222 valence electrons. The van der Waals surface area contributed by atoms with Crippen molar-refractivity contribution in [3.63, 3.8) is 0 Å². The van der Waals surface area contributed by atoms with Crippen molar-refractivity contribution in [2.45, 2.75) is 32.2 Å². The van der Waals surface area contributed by atoms with Crippen molar-refractivity contribution in [3.8, 4) is 11.8 Å². The number of aromatic nitrogens is 1. The summed E-state index contributed by atoms with van der Waals surface area (Å²) in [5.41, 5.74) is 0.709. The number of carbonyl (C=O) groups excluding carboxylic acids is 1. The monoisotopic (exact) mass is 583 g/mol. The average Bonchev–Trinajstić information content (AvgIpc) is 2.99. The second kappa shape index (κ2) is 17.1. The first-order valence-electron chi connectivity index (χ1n) is 14.3. The Kier molecular flexibility index (Phi) is 13.5. The van der Waals surface area contributed by atoms with Crippen LogP contribution in [0.3, 0.4) is 0 Å². The number of hydrogen-bond acceptors (Lipinski definition) is 8. The number of hydrogen-bond donors (Lipinski definition) is 1. The molecule has 0 unspecified atom stereocenters. The molecule has 1 aliphatic rings. The Labute approximate surface area is 249 Å². The molecule has 0 aliphatic carbocycles. The van der Waals surface area contributed by atoms with Gasteiger partial charge in [-0.15, -0.1) is 0 Å². The summed E-state index contributed by atoms with van der Waals surface area (Å²) < 4.78 is 17.2. The minimum Gasteiger partial charge on any atom is -0.491 e. The highest BCUT2D eigenvalue weighted by atomic mass is 35.5. The molecule has 0 bridgehead atoms. The Bertz CT molecular complexity index is 1160. The number of piperazine rings is 1. The lowest BCUT2D eigenvalue weighted by molar-refractivity contribution is -0.119. The predicted molar refractivity (Wildman–Crippen MR) is 161 cm³/mol. The van der Waals surface area contributed by atoms with Gasteiger partial charge in [-0.2, -0.15) is 5.26 Å². The summed E-state index contributed by atoms with van der Waals surface area (Å²) in [5, 5.41) is 13.0. The Morgan fingerprint density at radius 3 is 2.32 bits per heavy atom. The van der Waals surface area contributed by atoms with E-state index in [4.69, 9.17) is 25.8 Å². The van der Waals surface area contributed by atoms with Crippen molar-refractivity contribution in [3.05, 3.63) is 64.4 Å². The fourth-order valence-corrected chi connectivity index (χ4v) is 4.84. The summed E-state index contributed by atoms with van der Waals surface area (Å²) >= 11 is 5.94. The average molecular weight is 584 g/mol. The molecule has 41 heavy (non-hydrogen) atoms. The summed E-state index contributed by atoms with van der Waals surface area (Å²) in [7, 11) is 2.16. The smallest absolute Gasteiger partial charge is 0.262 e. The summed E-state index contributed by atoms with van der Waals surface area (Å²) in [6.07, 6.45) is 2.74. The highest BCUT2D eigenvalue weighted by Crippen LogP contribution is 2.30. The van der Waals surface area contributed by atoms with Crippen LogP contribution in [0.25, 0.3) is 6.08 Å². The zero-order valence-electron chi connectivity index (χ0n) is 24.4. The molecule has 1 aliphatic heterocycles. The van der Waals surface area contributed by atoms with Crippen molar-refractivity contribution in [2.75, 3.05) is 72.8 Å². The SMILES string of the molecule is CCC(CC)(NC(=O)/C(C#N)=C/c1cccc(Cl)n1)c1ccc(OCCOCCOCCN2CCN(C)CC2)cc1. The van der Waals surface area contributed by atoms with Crippen LogP contribution in [0.1, 0.15) is 37.9 Å². The second-order valence-corrected chi connectivity index (χ2v) is 10.4. The van der Waals surface area contributed by atoms with Crippen LogP contribution in [0.4, 0.5) is 0 Å². The standard InChI is InChI=1S/C31H42ClN5O4/c1-4-31(5-2,35-30(38)25(24-33)23-27-7-6-8-29(32)34-27)26-9-11-28(12-10-26)41-22-21-40-20-19-39-18-17-37-15-13-36(3)14-16-37/h6-12,23H,4-5,13-22H2,1-3H3,(H,35,38)/b25-23+. The molecule has 1 aromatic heterocycles. The number of benzene rings is 1. The van der Waals surface area contributed by atoms with E-state index in [0.29, 0.717) is 50.1 Å². The van der Waals surface area contributed by atoms with Crippen LogP contribution in [-0.2, 0) is 19.8 Å². The number of amides is 1. The van der Waals surface area contributed by atoms with E-state index in [1.54, 1.807) is 18.2 Å². The van der Waals surface area contributed by atoms with E-state index in [1.807, 2.05) is 44.2 Å². The maximum Gasteiger partial charge on any atom is 0.262 e. The van der Waals surface area contributed by atoms with Gasteiger partial charge in [-0.05, 0) is 55.8 Å². The molecule has 3 rings (SSSR count). The largest absolute Gasteiger partial charge is 0.491 e. The molecular formula is C31H42ClN5O4. The van der Waals surface area contributed by atoms with Gasteiger partial charge in [-0.1, -0.05) is 43.6 Å². The first-order valence-corrected chi connectivity index (χ1v) is 14.6. The molecule has 9 nitrogen and oxygen atoms in total. The third kappa shape index (κ3) is 10.4. The Balaban J connectivity index is 1.42. The van der Waals surface area contributed by atoms with E-state index in [2.05, 4.69) is 27.1 Å². The van der Waals surface area contributed by atoms with Crippen molar-refractivity contribution in [1.82, 2.24) is 20.1 Å². The number of pyridine rings is 1. The molecule has 1 amide bonds. The maximum absolute atomic E-state index is 13.1. The van der Waals surface area contributed by atoms with Crippen LogP contribution < -0.4 is 10.1 Å². The van der Waals surface area contributed by atoms with Gasteiger partial charge in [0.15, 0.2) is 0 Å². The third-order valence-corrected chi connectivity index (χ3v) is 7.59. The van der Waals surface area contributed by atoms with Gasteiger partial charge < -0.3 is 24.4 Å². The fraction of sp³-hybridized carbons (Fsp3) is 0.516. The highest BCUT2D eigenvalue weighted by Gasteiger charge is 2.31. The molecule has 0 spiro atoms. The third-order valence-electron chi connectivity index (χ3n) is 7.38. The van der Waals surface area contributed by atoms with E-state index in [0.717, 1.165) is 50.6 Å².